The van der Waals surface area contributed by atoms with Gasteiger partial charge in [0.1, 0.15) is 17.3 Å². The third kappa shape index (κ3) is 2.88. The van der Waals surface area contributed by atoms with Crippen LogP contribution in [-0.4, -0.2) is 26.2 Å². The number of hydrogen-bond acceptors (Lipinski definition) is 3. The molecule has 0 unspecified atom stereocenters. The Morgan fingerprint density at radius 1 is 1.23 bits per heavy atom. The molecule has 0 aromatic heterocycles. The highest BCUT2D eigenvalue weighted by Crippen LogP contribution is 2.31. The number of halogens is 1. The fraction of sp³-hybridized carbons (Fsp3) is 0.235. The van der Waals surface area contributed by atoms with Crippen molar-refractivity contribution in [1.29, 1.82) is 0 Å². The molecular formula is C17H16FNO3. The van der Waals surface area contributed by atoms with Crippen molar-refractivity contribution >= 4 is 11.6 Å². The third-order valence-corrected chi connectivity index (χ3v) is 3.64. The lowest BCUT2D eigenvalue weighted by molar-refractivity contribution is -0.120. The van der Waals surface area contributed by atoms with E-state index >= 15 is 0 Å². The molecule has 114 valence electrons. The first kappa shape index (κ1) is 14.4. The quantitative estimate of drug-likeness (QED) is 0.871. The molecule has 3 rings (SSSR count). The van der Waals surface area contributed by atoms with E-state index in [1.165, 1.54) is 12.1 Å². The van der Waals surface area contributed by atoms with E-state index in [0.717, 1.165) is 23.4 Å². The third-order valence-electron chi connectivity index (χ3n) is 3.64. The second-order valence-corrected chi connectivity index (χ2v) is 5.04. The molecule has 1 aliphatic rings. The van der Waals surface area contributed by atoms with Gasteiger partial charge in [-0.05, 0) is 42.3 Å². The fourth-order valence-electron chi connectivity index (χ4n) is 2.54. The number of ether oxygens (including phenoxy) is 2. The monoisotopic (exact) mass is 301 g/mol. The number of fused-ring (bicyclic) bond motifs is 1. The molecule has 0 N–H and O–H groups in total. The summed E-state index contributed by atoms with van der Waals surface area (Å²) in [5, 5.41) is 0. The van der Waals surface area contributed by atoms with Gasteiger partial charge in [-0.2, -0.15) is 0 Å². The maximum Gasteiger partial charge on any atom is 0.264 e. The molecule has 1 heterocycles. The summed E-state index contributed by atoms with van der Waals surface area (Å²) in [5.41, 5.74) is 1.96. The van der Waals surface area contributed by atoms with E-state index in [4.69, 9.17) is 9.47 Å². The molecule has 5 heteroatoms. The van der Waals surface area contributed by atoms with Crippen molar-refractivity contribution < 1.29 is 18.7 Å². The van der Waals surface area contributed by atoms with Crippen LogP contribution in [0.3, 0.4) is 0 Å². The van der Waals surface area contributed by atoms with Gasteiger partial charge in [0, 0.05) is 18.3 Å². The maximum atomic E-state index is 13.1. The predicted octanol–water partition coefficient (Wildman–Crippen LogP) is 2.80. The first-order valence-corrected chi connectivity index (χ1v) is 7.03. The minimum atomic E-state index is -0.386. The van der Waals surface area contributed by atoms with Crippen LogP contribution < -0.4 is 14.4 Å². The van der Waals surface area contributed by atoms with Gasteiger partial charge >= 0.3 is 0 Å². The lowest BCUT2D eigenvalue weighted by atomic mass is 10.1. The SMILES string of the molecule is COc1ccc2c(c1)CCN2C(=O)COc1cccc(F)c1. The van der Waals surface area contributed by atoms with Gasteiger partial charge in [0.05, 0.1) is 7.11 Å². The highest BCUT2D eigenvalue weighted by Gasteiger charge is 2.25. The second-order valence-electron chi connectivity index (χ2n) is 5.04. The van der Waals surface area contributed by atoms with E-state index in [1.54, 1.807) is 24.1 Å². The lowest BCUT2D eigenvalue weighted by Crippen LogP contribution is -2.33. The van der Waals surface area contributed by atoms with Crippen LogP contribution in [0, 0.1) is 5.82 Å². The number of nitrogens with zero attached hydrogens (tertiary/aromatic N) is 1. The van der Waals surface area contributed by atoms with E-state index < -0.39 is 0 Å². The van der Waals surface area contributed by atoms with Crippen molar-refractivity contribution in [3.05, 3.63) is 53.8 Å². The Kier molecular flexibility index (Phi) is 3.96. The average molecular weight is 301 g/mol. The van der Waals surface area contributed by atoms with Gasteiger partial charge in [0.2, 0.25) is 0 Å². The summed E-state index contributed by atoms with van der Waals surface area (Å²) in [5.74, 6) is 0.600. The van der Waals surface area contributed by atoms with Gasteiger partial charge in [-0.15, -0.1) is 0 Å². The summed E-state index contributed by atoms with van der Waals surface area (Å²) in [6.07, 6.45) is 0.790. The molecule has 0 aliphatic carbocycles. The number of carbonyl (C=O) groups is 1. The number of amides is 1. The highest BCUT2D eigenvalue weighted by molar-refractivity contribution is 5.96. The Hall–Kier alpha value is -2.56. The number of benzene rings is 2. The predicted molar refractivity (Wildman–Crippen MR) is 80.9 cm³/mol. The zero-order valence-corrected chi connectivity index (χ0v) is 12.2. The van der Waals surface area contributed by atoms with Crippen molar-refractivity contribution in [2.45, 2.75) is 6.42 Å². The molecule has 4 nitrogen and oxygen atoms in total. The van der Waals surface area contributed by atoms with Crippen LogP contribution in [0.2, 0.25) is 0 Å². The van der Waals surface area contributed by atoms with Crippen LogP contribution >= 0.6 is 0 Å². The van der Waals surface area contributed by atoms with Gasteiger partial charge in [0.15, 0.2) is 6.61 Å². The van der Waals surface area contributed by atoms with Crippen LogP contribution in [0.5, 0.6) is 11.5 Å². The zero-order chi connectivity index (χ0) is 15.5. The molecule has 0 saturated carbocycles. The van der Waals surface area contributed by atoms with E-state index in [1.807, 2.05) is 18.2 Å². The van der Waals surface area contributed by atoms with Gasteiger partial charge in [-0.25, -0.2) is 4.39 Å². The first-order chi connectivity index (χ1) is 10.7. The van der Waals surface area contributed by atoms with E-state index in [9.17, 15) is 9.18 Å². The first-order valence-electron chi connectivity index (χ1n) is 7.03. The molecule has 1 amide bonds. The summed E-state index contributed by atoms with van der Waals surface area (Å²) in [7, 11) is 1.62. The molecule has 22 heavy (non-hydrogen) atoms. The van der Waals surface area contributed by atoms with E-state index in [0.29, 0.717) is 12.3 Å². The van der Waals surface area contributed by atoms with Gasteiger partial charge in [0.25, 0.3) is 5.91 Å². The normalized spacial score (nSPS) is 12.9. The molecule has 2 aromatic carbocycles. The zero-order valence-electron chi connectivity index (χ0n) is 12.2. The summed E-state index contributed by atoms with van der Waals surface area (Å²) in [4.78, 5) is 14.0. The molecule has 2 aromatic rings. The molecule has 0 fully saturated rings. The van der Waals surface area contributed by atoms with Gasteiger partial charge in [-0.1, -0.05) is 6.07 Å². The Balaban J connectivity index is 1.67. The highest BCUT2D eigenvalue weighted by atomic mass is 19.1. The Morgan fingerprint density at radius 3 is 2.86 bits per heavy atom. The van der Waals surface area contributed by atoms with Crippen molar-refractivity contribution in [1.82, 2.24) is 0 Å². The Morgan fingerprint density at radius 2 is 2.09 bits per heavy atom. The Bertz CT molecular complexity index is 702. The van der Waals surface area contributed by atoms with Crippen molar-refractivity contribution in [3.8, 4) is 11.5 Å². The summed E-state index contributed by atoms with van der Waals surface area (Å²) in [6.45, 7) is 0.503. The maximum absolute atomic E-state index is 13.1. The number of rotatable bonds is 4. The molecule has 0 atom stereocenters. The standard InChI is InChI=1S/C17H16FNO3/c1-21-14-5-6-16-12(9-14)7-8-19(16)17(20)11-22-15-4-2-3-13(18)10-15/h2-6,9-10H,7-8,11H2,1H3. The summed E-state index contributed by atoms with van der Waals surface area (Å²) in [6, 6.07) is 11.4. The molecule has 0 bridgehead atoms. The van der Waals surface area contributed by atoms with Gasteiger partial charge in [-0.3, -0.25) is 4.79 Å². The minimum Gasteiger partial charge on any atom is -0.497 e. The summed E-state index contributed by atoms with van der Waals surface area (Å²) >= 11 is 0. The average Bonchev–Trinajstić information content (AvgIpc) is 2.95. The molecule has 0 radical (unpaired) electrons. The molecule has 0 saturated heterocycles. The number of hydrogen-bond donors (Lipinski definition) is 0. The number of methoxy groups -OCH3 is 1. The van der Waals surface area contributed by atoms with E-state index in [-0.39, 0.29) is 18.3 Å². The molecule has 1 aliphatic heterocycles. The smallest absolute Gasteiger partial charge is 0.264 e. The van der Waals surface area contributed by atoms with Gasteiger partial charge < -0.3 is 14.4 Å². The number of carbonyl (C=O) groups excluding carboxylic acids is 1. The van der Waals surface area contributed by atoms with Crippen LogP contribution in [0.15, 0.2) is 42.5 Å². The largest absolute Gasteiger partial charge is 0.497 e. The molecular weight excluding hydrogens is 285 g/mol. The second kappa shape index (κ2) is 6.05. The van der Waals surface area contributed by atoms with Crippen LogP contribution in [0.1, 0.15) is 5.56 Å². The van der Waals surface area contributed by atoms with E-state index in [2.05, 4.69) is 0 Å². The van der Waals surface area contributed by atoms with Crippen molar-refractivity contribution in [3.63, 3.8) is 0 Å². The lowest BCUT2D eigenvalue weighted by Gasteiger charge is -2.17. The van der Waals surface area contributed by atoms with Crippen LogP contribution in [0.4, 0.5) is 10.1 Å². The topological polar surface area (TPSA) is 38.8 Å². The fourth-order valence-corrected chi connectivity index (χ4v) is 2.54. The van der Waals surface area contributed by atoms with Crippen molar-refractivity contribution in [2.24, 2.45) is 0 Å². The minimum absolute atomic E-state index is 0.116. The number of anilines is 1. The van der Waals surface area contributed by atoms with Crippen LogP contribution in [0.25, 0.3) is 0 Å². The summed E-state index contributed by atoms with van der Waals surface area (Å²) < 4.78 is 23.6. The molecule has 0 spiro atoms. The Labute approximate surface area is 128 Å². The van der Waals surface area contributed by atoms with Crippen molar-refractivity contribution in [2.75, 3.05) is 25.2 Å². The van der Waals surface area contributed by atoms with Crippen LogP contribution in [-0.2, 0) is 11.2 Å².